The number of unbranched alkanes of at least 4 members (excludes halogenated alkanes) is 1. The summed E-state index contributed by atoms with van der Waals surface area (Å²) in [6.07, 6.45) is 6.58. The summed E-state index contributed by atoms with van der Waals surface area (Å²) in [6.45, 7) is 10.8. The van der Waals surface area contributed by atoms with Gasteiger partial charge >= 0.3 is 0 Å². The van der Waals surface area contributed by atoms with Crippen LogP contribution < -0.4 is 5.73 Å². The third kappa shape index (κ3) is 3.46. The van der Waals surface area contributed by atoms with Crippen LogP contribution in [-0.2, 0) is 0 Å². The van der Waals surface area contributed by atoms with Crippen molar-refractivity contribution in [1.82, 2.24) is 9.80 Å². The van der Waals surface area contributed by atoms with E-state index >= 15 is 0 Å². The van der Waals surface area contributed by atoms with Crippen LogP contribution in [0.15, 0.2) is 0 Å². The van der Waals surface area contributed by atoms with E-state index in [9.17, 15) is 0 Å². The summed E-state index contributed by atoms with van der Waals surface area (Å²) in [5.74, 6) is 0.844. The van der Waals surface area contributed by atoms with Gasteiger partial charge in [-0.25, -0.2) is 0 Å². The van der Waals surface area contributed by atoms with Crippen LogP contribution in [0.3, 0.4) is 0 Å². The molecule has 3 saturated heterocycles. The number of rotatable bonds is 7. The molecule has 18 heavy (non-hydrogen) atoms. The summed E-state index contributed by atoms with van der Waals surface area (Å²) < 4.78 is 0. The molecule has 0 spiro atoms. The van der Waals surface area contributed by atoms with E-state index in [4.69, 9.17) is 5.73 Å². The summed E-state index contributed by atoms with van der Waals surface area (Å²) in [7, 11) is 0. The van der Waals surface area contributed by atoms with E-state index in [0.717, 1.165) is 5.92 Å². The maximum absolute atomic E-state index is 6.51. The van der Waals surface area contributed by atoms with Crippen molar-refractivity contribution < 1.29 is 0 Å². The Balaban J connectivity index is 1.81. The van der Waals surface area contributed by atoms with Gasteiger partial charge < -0.3 is 5.73 Å². The van der Waals surface area contributed by atoms with E-state index in [1.807, 2.05) is 0 Å². The number of hydrogen-bond donors (Lipinski definition) is 1. The van der Waals surface area contributed by atoms with E-state index in [-0.39, 0.29) is 0 Å². The minimum absolute atomic E-state index is 0.384. The summed E-state index contributed by atoms with van der Waals surface area (Å²) in [6, 6.07) is 1.01. The molecule has 3 nitrogen and oxygen atoms in total. The standard InChI is InChI=1S/C15H31N3/c1-3-5-6-13(4-2)11-14(16)15-12-17-7-9-18(15)10-8-17/h13-15H,3-12,16H2,1-2H3. The molecule has 0 saturated carbocycles. The van der Waals surface area contributed by atoms with Crippen molar-refractivity contribution in [1.29, 1.82) is 0 Å². The highest BCUT2D eigenvalue weighted by atomic mass is 15.3. The van der Waals surface area contributed by atoms with Gasteiger partial charge in [0.25, 0.3) is 0 Å². The van der Waals surface area contributed by atoms with Crippen molar-refractivity contribution in [3.05, 3.63) is 0 Å². The van der Waals surface area contributed by atoms with Gasteiger partial charge in [0.15, 0.2) is 0 Å². The first-order valence-corrected chi connectivity index (χ1v) is 7.96. The Bertz CT molecular complexity index is 236. The highest BCUT2D eigenvalue weighted by Crippen LogP contribution is 2.24. The predicted molar refractivity (Wildman–Crippen MR) is 77.7 cm³/mol. The monoisotopic (exact) mass is 253 g/mol. The number of nitrogens with two attached hydrogens (primary N) is 1. The Morgan fingerprint density at radius 3 is 2.39 bits per heavy atom. The highest BCUT2D eigenvalue weighted by molar-refractivity contribution is 4.94. The minimum atomic E-state index is 0.384. The second-order valence-electron chi connectivity index (χ2n) is 6.22. The normalized spacial score (nSPS) is 34.5. The second kappa shape index (κ2) is 6.88. The van der Waals surface area contributed by atoms with Crippen molar-refractivity contribution in [3.8, 4) is 0 Å². The molecule has 3 aliphatic heterocycles. The highest BCUT2D eigenvalue weighted by Gasteiger charge is 2.35. The molecular weight excluding hydrogens is 222 g/mol. The van der Waals surface area contributed by atoms with Crippen molar-refractivity contribution in [2.24, 2.45) is 11.7 Å². The smallest absolute Gasteiger partial charge is 0.0375 e. The lowest BCUT2D eigenvalue weighted by Gasteiger charge is -2.49. The Morgan fingerprint density at radius 2 is 1.89 bits per heavy atom. The largest absolute Gasteiger partial charge is 0.326 e. The second-order valence-corrected chi connectivity index (χ2v) is 6.22. The van der Waals surface area contributed by atoms with Crippen molar-refractivity contribution >= 4 is 0 Å². The molecule has 0 aliphatic carbocycles. The molecule has 0 aromatic rings. The van der Waals surface area contributed by atoms with E-state index in [1.165, 1.54) is 64.8 Å². The fourth-order valence-electron chi connectivity index (χ4n) is 3.59. The predicted octanol–water partition coefficient (Wildman–Crippen LogP) is 1.92. The Morgan fingerprint density at radius 1 is 1.17 bits per heavy atom. The van der Waals surface area contributed by atoms with Crippen LogP contribution in [0.5, 0.6) is 0 Å². The molecule has 3 atom stereocenters. The summed E-state index contributed by atoms with van der Waals surface area (Å²) in [5, 5.41) is 0. The summed E-state index contributed by atoms with van der Waals surface area (Å²) in [5.41, 5.74) is 6.51. The lowest BCUT2D eigenvalue weighted by atomic mass is 9.88. The number of hydrogen-bond acceptors (Lipinski definition) is 3. The van der Waals surface area contributed by atoms with Gasteiger partial charge in [-0.05, 0) is 12.3 Å². The van der Waals surface area contributed by atoms with Crippen LogP contribution in [0.4, 0.5) is 0 Å². The van der Waals surface area contributed by atoms with Gasteiger partial charge in [0.1, 0.15) is 0 Å². The quantitative estimate of drug-likeness (QED) is 0.752. The minimum Gasteiger partial charge on any atom is -0.326 e. The van der Waals surface area contributed by atoms with Crippen LogP contribution in [0, 0.1) is 5.92 Å². The average Bonchev–Trinajstić information content (AvgIpc) is 2.44. The first kappa shape index (κ1) is 14.3. The molecule has 0 amide bonds. The summed E-state index contributed by atoms with van der Waals surface area (Å²) in [4.78, 5) is 5.23. The van der Waals surface area contributed by atoms with Crippen molar-refractivity contribution in [2.75, 3.05) is 32.7 Å². The average molecular weight is 253 g/mol. The van der Waals surface area contributed by atoms with Crippen LogP contribution in [-0.4, -0.2) is 54.6 Å². The van der Waals surface area contributed by atoms with Crippen LogP contribution in [0.1, 0.15) is 46.0 Å². The molecule has 106 valence electrons. The molecule has 2 bridgehead atoms. The molecule has 3 rings (SSSR count). The van der Waals surface area contributed by atoms with Gasteiger partial charge in [-0.1, -0.05) is 39.5 Å². The Hall–Kier alpha value is -0.120. The van der Waals surface area contributed by atoms with Gasteiger partial charge in [-0.15, -0.1) is 0 Å². The van der Waals surface area contributed by atoms with Gasteiger partial charge in [0, 0.05) is 44.8 Å². The summed E-state index contributed by atoms with van der Waals surface area (Å²) >= 11 is 0. The van der Waals surface area contributed by atoms with E-state index < -0.39 is 0 Å². The zero-order chi connectivity index (χ0) is 13.0. The Labute approximate surface area is 113 Å². The fourth-order valence-corrected chi connectivity index (χ4v) is 3.59. The van der Waals surface area contributed by atoms with Gasteiger partial charge in [0.2, 0.25) is 0 Å². The molecule has 2 N–H and O–H groups in total. The number of piperazine rings is 3. The third-order valence-electron chi connectivity index (χ3n) is 4.96. The zero-order valence-electron chi connectivity index (χ0n) is 12.3. The van der Waals surface area contributed by atoms with Crippen LogP contribution in [0.25, 0.3) is 0 Å². The van der Waals surface area contributed by atoms with Gasteiger partial charge in [-0.3, -0.25) is 9.80 Å². The molecule has 3 fully saturated rings. The molecular formula is C15H31N3. The maximum atomic E-state index is 6.51. The SMILES string of the molecule is CCCCC(CC)CC(N)C1CN2CCN1CC2. The number of nitrogens with zero attached hydrogens (tertiary/aromatic N) is 2. The molecule has 0 aromatic heterocycles. The van der Waals surface area contributed by atoms with E-state index in [2.05, 4.69) is 23.6 Å². The lowest BCUT2D eigenvalue weighted by molar-refractivity contribution is -0.00101. The third-order valence-corrected chi connectivity index (χ3v) is 4.96. The molecule has 3 heteroatoms. The van der Waals surface area contributed by atoms with E-state index in [0.29, 0.717) is 12.1 Å². The molecule has 3 aliphatic rings. The van der Waals surface area contributed by atoms with Gasteiger partial charge in [-0.2, -0.15) is 0 Å². The molecule has 3 unspecified atom stereocenters. The van der Waals surface area contributed by atoms with Crippen molar-refractivity contribution in [3.63, 3.8) is 0 Å². The first-order chi connectivity index (χ1) is 8.74. The van der Waals surface area contributed by atoms with Crippen LogP contribution >= 0.6 is 0 Å². The van der Waals surface area contributed by atoms with E-state index in [1.54, 1.807) is 0 Å². The maximum Gasteiger partial charge on any atom is 0.0375 e. The molecule has 3 heterocycles. The number of fused-ring (bicyclic) bond motifs is 3. The zero-order valence-corrected chi connectivity index (χ0v) is 12.3. The fraction of sp³-hybridized carbons (Fsp3) is 1.00. The lowest BCUT2D eigenvalue weighted by Crippen LogP contribution is -2.65. The van der Waals surface area contributed by atoms with Gasteiger partial charge in [0.05, 0.1) is 0 Å². The first-order valence-electron chi connectivity index (χ1n) is 7.96. The topological polar surface area (TPSA) is 32.5 Å². The Kier molecular flexibility index (Phi) is 5.46. The van der Waals surface area contributed by atoms with Crippen LogP contribution in [0.2, 0.25) is 0 Å². The molecule has 0 aromatic carbocycles. The molecule has 0 radical (unpaired) electrons. The van der Waals surface area contributed by atoms with Crippen molar-refractivity contribution in [2.45, 2.75) is 58.0 Å².